The molecule has 0 unspecified atom stereocenters. The minimum absolute atomic E-state index is 0.449. The van der Waals surface area contributed by atoms with Crippen molar-refractivity contribution in [3.8, 4) is 5.75 Å². The molecule has 0 saturated heterocycles. The Hall–Kier alpha value is -1.61. The number of aromatic nitrogens is 1. The van der Waals surface area contributed by atoms with Crippen molar-refractivity contribution in [2.24, 2.45) is 11.8 Å². The van der Waals surface area contributed by atoms with Crippen molar-refractivity contribution in [1.82, 2.24) is 4.98 Å². The molecule has 1 heterocycles. The van der Waals surface area contributed by atoms with Crippen LogP contribution in [0.5, 0.6) is 5.75 Å². The number of hydrogen-bond donors (Lipinski definition) is 1. The molecule has 1 aromatic heterocycles. The van der Waals surface area contributed by atoms with Crippen LogP contribution in [-0.2, 0) is 0 Å². The van der Waals surface area contributed by atoms with Crippen molar-refractivity contribution in [3.05, 3.63) is 42.9 Å². The summed E-state index contributed by atoms with van der Waals surface area (Å²) in [5.41, 5.74) is 1.84. The summed E-state index contributed by atoms with van der Waals surface area (Å²) < 4.78 is 5.28. The third kappa shape index (κ3) is 2.88. The first-order chi connectivity index (χ1) is 10.2. The van der Waals surface area contributed by atoms with Gasteiger partial charge in [0, 0.05) is 11.6 Å². The topological polar surface area (TPSA) is 42.4 Å². The molecule has 21 heavy (non-hydrogen) atoms. The van der Waals surface area contributed by atoms with Crippen molar-refractivity contribution >= 4 is 10.9 Å². The molecule has 3 atom stereocenters. The van der Waals surface area contributed by atoms with Crippen LogP contribution >= 0.6 is 0 Å². The first-order valence-corrected chi connectivity index (χ1v) is 7.63. The van der Waals surface area contributed by atoms with Gasteiger partial charge in [0.15, 0.2) is 0 Å². The lowest BCUT2D eigenvalue weighted by Crippen LogP contribution is -2.23. The molecule has 1 N–H and O–H groups in total. The van der Waals surface area contributed by atoms with Crippen molar-refractivity contribution in [3.63, 3.8) is 0 Å². The molecule has 0 spiro atoms. The van der Waals surface area contributed by atoms with E-state index in [1.165, 1.54) is 12.8 Å². The van der Waals surface area contributed by atoms with Crippen LogP contribution in [0.1, 0.15) is 37.4 Å². The van der Waals surface area contributed by atoms with E-state index < -0.39 is 6.10 Å². The Morgan fingerprint density at radius 1 is 1.38 bits per heavy atom. The van der Waals surface area contributed by atoms with E-state index in [1.54, 1.807) is 13.3 Å². The summed E-state index contributed by atoms with van der Waals surface area (Å²) in [5, 5.41) is 11.5. The lowest BCUT2D eigenvalue weighted by Gasteiger charge is -2.34. The SMILES string of the molecule is [CH2][C@H]1CC[C@@H]1CC[C@@H](O)c1ccnc2ccc(OC)cc12. The molecule has 2 aromatic rings. The number of fused-ring (bicyclic) bond motifs is 1. The van der Waals surface area contributed by atoms with Gasteiger partial charge < -0.3 is 9.84 Å². The molecular formula is C18H22NO2. The Morgan fingerprint density at radius 2 is 2.24 bits per heavy atom. The van der Waals surface area contributed by atoms with Crippen LogP contribution in [0.2, 0.25) is 0 Å². The number of methoxy groups -OCH3 is 1. The summed E-state index contributed by atoms with van der Waals surface area (Å²) in [6.45, 7) is 4.14. The van der Waals surface area contributed by atoms with E-state index in [4.69, 9.17) is 4.74 Å². The van der Waals surface area contributed by atoms with Gasteiger partial charge in [-0.3, -0.25) is 4.98 Å². The molecule has 3 nitrogen and oxygen atoms in total. The van der Waals surface area contributed by atoms with Crippen molar-refractivity contribution in [2.75, 3.05) is 7.11 Å². The number of ether oxygens (including phenoxy) is 1. The third-order valence-electron chi connectivity index (χ3n) is 4.73. The Balaban J connectivity index is 1.81. The summed E-state index contributed by atoms with van der Waals surface area (Å²) in [6.07, 6.45) is 5.63. The average Bonchev–Trinajstić information content (AvgIpc) is 2.52. The summed E-state index contributed by atoms with van der Waals surface area (Å²) in [4.78, 5) is 4.36. The van der Waals surface area contributed by atoms with E-state index in [9.17, 15) is 5.11 Å². The Bertz CT molecular complexity index is 626. The molecule has 0 bridgehead atoms. The summed E-state index contributed by atoms with van der Waals surface area (Å²) >= 11 is 0. The van der Waals surface area contributed by atoms with Crippen molar-refractivity contribution in [1.29, 1.82) is 0 Å². The minimum Gasteiger partial charge on any atom is -0.497 e. The lowest BCUT2D eigenvalue weighted by atomic mass is 9.72. The number of rotatable bonds is 5. The predicted molar refractivity (Wildman–Crippen MR) is 84.1 cm³/mol. The van der Waals surface area contributed by atoms with E-state index in [2.05, 4.69) is 11.9 Å². The van der Waals surface area contributed by atoms with Crippen LogP contribution in [-0.4, -0.2) is 17.2 Å². The molecule has 1 aromatic carbocycles. The maximum absolute atomic E-state index is 10.5. The lowest BCUT2D eigenvalue weighted by molar-refractivity contribution is 0.129. The summed E-state index contributed by atoms with van der Waals surface area (Å²) in [7, 11) is 1.65. The molecule has 3 rings (SSSR count). The van der Waals surface area contributed by atoms with Crippen LogP contribution in [0.3, 0.4) is 0 Å². The molecule has 1 saturated carbocycles. The van der Waals surface area contributed by atoms with Gasteiger partial charge in [0.2, 0.25) is 0 Å². The van der Waals surface area contributed by atoms with Gasteiger partial charge in [-0.05, 0) is 74.3 Å². The molecule has 1 aliphatic carbocycles. The molecule has 1 fully saturated rings. The normalized spacial score (nSPS) is 22.8. The average molecular weight is 284 g/mol. The van der Waals surface area contributed by atoms with Crippen LogP contribution < -0.4 is 4.74 Å². The number of aliphatic hydroxyl groups excluding tert-OH is 1. The number of nitrogens with zero attached hydrogens (tertiary/aromatic N) is 1. The Labute approximate surface area is 126 Å². The molecule has 1 radical (unpaired) electrons. The van der Waals surface area contributed by atoms with Crippen molar-refractivity contribution in [2.45, 2.75) is 31.8 Å². The van der Waals surface area contributed by atoms with Crippen LogP contribution in [0.15, 0.2) is 30.5 Å². The van der Waals surface area contributed by atoms with E-state index in [0.717, 1.165) is 35.1 Å². The molecule has 0 aliphatic heterocycles. The predicted octanol–water partition coefficient (Wildman–Crippen LogP) is 3.92. The highest BCUT2D eigenvalue weighted by molar-refractivity contribution is 5.83. The van der Waals surface area contributed by atoms with Gasteiger partial charge >= 0.3 is 0 Å². The fraction of sp³-hybridized carbons (Fsp3) is 0.444. The Morgan fingerprint density at radius 3 is 2.90 bits per heavy atom. The first kappa shape index (κ1) is 14.3. The van der Waals surface area contributed by atoms with Crippen LogP contribution in [0, 0.1) is 18.8 Å². The number of benzene rings is 1. The highest BCUT2D eigenvalue weighted by Crippen LogP contribution is 2.39. The number of pyridine rings is 1. The van der Waals surface area contributed by atoms with Gasteiger partial charge in [0.25, 0.3) is 0 Å². The van der Waals surface area contributed by atoms with Gasteiger partial charge in [-0.2, -0.15) is 0 Å². The number of aliphatic hydroxyl groups is 1. The van der Waals surface area contributed by atoms with Crippen molar-refractivity contribution < 1.29 is 9.84 Å². The highest BCUT2D eigenvalue weighted by atomic mass is 16.5. The second kappa shape index (κ2) is 6.02. The van der Waals surface area contributed by atoms with Crippen LogP contribution in [0.25, 0.3) is 10.9 Å². The Kier molecular flexibility index (Phi) is 4.11. The maximum Gasteiger partial charge on any atom is 0.119 e. The zero-order chi connectivity index (χ0) is 14.8. The standard InChI is InChI=1S/C18H22NO2/c1-12-3-4-13(12)5-8-18(20)15-9-10-19-17-7-6-14(21-2)11-16(15)17/h6-7,9-13,18,20H,1,3-5,8H2,2H3/t12-,13+,18+/m0/s1. The molecule has 1 aliphatic rings. The van der Waals surface area contributed by atoms with E-state index in [1.807, 2.05) is 24.3 Å². The second-order valence-corrected chi connectivity index (χ2v) is 5.97. The monoisotopic (exact) mass is 284 g/mol. The molecule has 0 amide bonds. The van der Waals surface area contributed by atoms with Crippen LogP contribution in [0.4, 0.5) is 0 Å². The zero-order valence-corrected chi connectivity index (χ0v) is 12.5. The highest BCUT2D eigenvalue weighted by Gasteiger charge is 2.27. The molecule has 3 heteroatoms. The molecular weight excluding hydrogens is 262 g/mol. The van der Waals surface area contributed by atoms with E-state index in [-0.39, 0.29) is 0 Å². The van der Waals surface area contributed by atoms with E-state index >= 15 is 0 Å². The van der Waals surface area contributed by atoms with Gasteiger partial charge in [0.05, 0.1) is 18.7 Å². The first-order valence-electron chi connectivity index (χ1n) is 7.63. The third-order valence-corrected chi connectivity index (χ3v) is 4.73. The maximum atomic E-state index is 10.5. The second-order valence-electron chi connectivity index (χ2n) is 5.97. The number of hydrogen-bond acceptors (Lipinski definition) is 3. The van der Waals surface area contributed by atoms with Gasteiger partial charge in [-0.25, -0.2) is 0 Å². The quantitative estimate of drug-likeness (QED) is 0.905. The molecule has 111 valence electrons. The largest absolute Gasteiger partial charge is 0.497 e. The summed E-state index contributed by atoms with van der Waals surface area (Å²) in [6, 6.07) is 7.69. The van der Waals surface area contributed by atoms with Gasteiger partial charge in [0.1, 0.15) is 5.75 Å². The smallest absolute Gasteiger partial charge is 0.119 e. The van der Waals surface area contributed by atoms with E-state index in [0.29, 0.717) is 11.8 Å². The fourth-order valence-corrected chi connectivity index (χ4v) is 3.11. The van der Waals surface area contributed by atoms with Gasteiger partial charge in [-0.1, -0.05) is 0 Å². The summed E-state index contributed by atoms with van der Waals surface area (Å²) in [5.74, 6) is 2.05. The zero-order valence-electron chi connectivity index (χ0n) is 12.5. The fourth-order valence-electron chi connectivity index (χ4n) is 3.11. The minimum atomic E-state index is -0.449. The van der Waals surface area contributed by atoms with Gasteiger partial charge in [-0.15, -0.1) is 0 Å².